The zero-order chi connectivity index (χ0) is 7.11. The van der Waals surface area contributed by atoms with Crippen LogP contribution in [0.25, 0.3) is 0 Å². The lowest BCUT2D eigenvalue weighted by Gasteiger charge is -1.83. The fourth-order valence-electron chi connectivity index (χ4n) is 0.347. The zero-order valence-corrected chi connectivity index (χ0v) is 7.52. The van der Waals surface area contributed by atoms with Crippen LogP contribution in [0.15, 0.2) is 11.8 Å². The van der Waals surface area contributed by atoms with E-state index in [1.54, 1.807) is 5.70 Å². The van der Waals surface area contributed by atoms with E-state index in [-0.39, 0.29) is 0 Å². The average molecular weight is 180 g/mol. The summed E-state index contributed by atoms with van der Waals surface area (Å²) < 4.78 is 0. The summed E-state index contributed by atoms with van der Waals surface area (Å²) in [6.07, 6.45) is 3.17. The first-order chi connectivity index (χ1) is 4.27. The molecule has 0 radical (unpaired) electrons. The maximum Gasteiger partial charge on any atom is 0.259 e. The first-order valence-electron chi connectivity index (χ1n) is 2.59. The minimum absolute atomic E-state index is 0.547. The van der Waals surface area contributed by atoms with Gasteiger partial charge in [-0.3, -0.25) is 0 Å². The quantitative estimate of drug-likeness (QED) is 0.370. The molecule has 0 aliphatic carbocycles. The van der Waals surface area contributed by atoms with E-state index in [4.69, 9.17) is 27.4 Å². The molecule has 0 aromatic heterocycles. The van der Waals surface area contributed by atoms with Crippen molar-refractivity contribution in [3.8, 4) is 6.07 Å². The number of allylic oxidation sites excluding steroid dienone is 1. The Morgan fingerprint density at radius 2 is 2.22 bits per heavy atom. The van der Waals surface area contributed by atoms with Gasteiger partial charge in [0.05, 0.1) is 6.07 Å². The third-order valence-electron chi connectivity index (χ3n) is 0.704. The van der Waals surface area contributed by atoms with Crippen LogP contribution < -0.4 is 0 Å². The van der Waals surface area contributed by atoms with Gasteiger partial charge >= 0.3 is 0 Å². The summed E-state index contributed by atoms with van der Waals surface area (Å²) in [6.45, 7) is 0. The molecule has 0 saturated heterocycles. The normalized spacial score (nSPS) is 10.4. The highest BCUT2D eigenvalue weighted by atomic mass is 35.7. The molecule has 0 aliphatic rings. The van der Waals surface area contributed by atoms with Crippen LogP contribution in [0.2, 0.25) is 0 Å². The molecular formula is C5H7Cl2NSi. The van der Waals surface area contributed by atoms with E-state index in [0.29, 0.717) is 6.42 Å². The highest BCUT2D eigenvalue weighted by molar-refractivity contribution is 7.36. The predicted octanol–water partition coefficient (Wildman–Crippen LogP) is 2.08. The molecule has 0 unspecified atom stereocenters. The van der Waals surface area contributed by atoms with Gasteiger partial charge in [0.25, 0.3) is 7.42 Å². The molecule has 0 saturated carbocycles. The highest BCUT2D eigenvalue weighted by Crippen LogP contribution is 1.98. The average Bonchev–Trinajstić information content (AvgIpc) is 1.80. The van der Waals surface area contributed by atoms with Gasteiger partial charge in [0, 0.05) is 6.42 Å². The Bertz CT molecular complexity index is 127. The molecule has 0 spiro atoms. The van der Waals surface area contributed by atoms with Crippen molar-refractivity contribution in [2.24, 2.45) is 0 Å². The summed E-state index contributed by atoms with van der Waals surface area (Å²) in [7, 11) is -1.56. The number of rotatable bonds is 3. The summed E-state index contributed by atoms with van der Waals surface area (Å²) >= 11 is 11.0. The van der Waals surface area contributed by atoms with Gasteiger partial charge < -0.3 is 0 Å². The second kappa shape index (κ2) is 6.15. The van der Waals surface area contributed by atoms with Crippen LogP contribution >= 0.6 is 22.2 Å². The summed E-state index contributed by atoms with van der Waals surface area (Å²) in [5.74, 6) is 0. The Labute approximate surface area is 65.9 Å². The fraction of sp³-hybridized carbons (Fsp3) is 0.400. The molecule has 0 fully saturated rings. The molecule has 0 aromatic carbocycles. The van der Waals surface area contributed by atoms with E-state index in [1.165, 1.54) is 0 Å². The molecule has 4 heteroatoms. The van der Waals surface area contributed by atoms with Gasteiger partial charge in [-0.25, -0.2) is 0 Å². The number of halogens is 2. The van der Waals surface area contributed by atoms with Crippen LogP contribution in [-0.4, -0.2) is 7.42 Å². The van der Waals surface area contributed by atoms with Crippen molar-refractivity contribution >= 4 is 29.6 Å². The second-order valence-electron chi connectivity index (χ2n) is 1.46. The van der Waals surface area contributed by atoms with E-state index >= 15 is 0 Å². The zero-order valence-electron chi connectivity index (χ0n) is 4.85. The van der Waals surface area contributed by atoms with Crippen LogP contribution in [-0.2, 0) is 0 Å². The standard InChI is InChI=1S/C5H7Cl2NSi/c6-9(7)5-3-1-2-4-8/h3,5,9H,1-2H2. The number of hydrogen-bond acceptors (Lipinski definition) is 1. The highest BCUT2D eigenvalue weighted by Gasteiger charge is 1.90. The predicted molar refractivity (Wildman–Crippen MR) is 42.8 cm³/mol. The van der Waals surface area contributed by atoms with Gasteiger partial charge in [0.15, 0.2) is 0 Å². The Morgan fingerprint density at radius 1 is 1.56 bits per heavy atom. The molecule has 0 aromatic rings. The van der Waals surface area contributed by atoms with E-state index in [1.807, 2.05) is 12.1 Å². The van der Waals surface area contributed by atoms with Gasteiger partial charge in [-0.2, -0.15) is 5.26 Å². The third-order valence-corrected chi connectivity index (χ3v) is 2.14. The molecule has 0 amide bonds. The van der Waals surface area contributed by atoms with Crippen LogP contribution in [0.5, 0.6) is 0 Å². The summed E-state index contributed by atoms with van der Waals surface area (Å²) in [4.78, 5) is 0. The lowest BCUT2D eigenvalue weighted by atomic mass is 10.3. The summed E-state index contributed by atoms with van der Waals surface area (Å²) in [5, 5.41) is 8.09. The monoisotopic (exact) mass is 179 g/mol. The molecule has 0 atom stereocenters. The lowest BCUT2D eigenvalue weighted by molar-refractivity contribution is 1.06. The summed E-state index contributed by atoms with van der Waals surface area (Å²) in [5.41, 5.74) is 1.79. The largest absolute Gasteiger partial charge is 0.259 e. The first-order valence-corrected chi connectivity index (χ1v) is 6.75. The van der Waals surface area contributed by atoms with Crippen LogP contribution in [0, 0.1) is 11.3 Å². The number of unbranched alkanes of at least 4 members (excludes halogenated alkanes) is 1. The first kappa shape index (κ1) is 9.03. The SMILES string of the molecule is N#CCCC=C[SiH](Cl)Cl. The molecule has 0 N–H and O–H groups in total. The minimum Gasteiger partial charge on any atom is -0.198 e. The van der Waals surface area contributed by atoms with Gasteiger partial charge in [0.2, 0.25) is 0 Å². The Hall–Kier alpha value is 0.0269. The molecular weight excluding hydrogens is 173 g/mol. The van der Waals surface area contributed by atoms with Crippen molar-refractivity contribution in [3.05, 3.63) is 11.8 Å². The minimum atomic E-state index is -1.56. The van der Waals surface area contributed by atoms with Crippen molar-refractivity contribution in [3.63, 3.8) is 0 Å². The molecule has 9 heavy (non-hydrogen) atoms. The molecule has 0 aliphatic heterocycles. The molecule has 50 valence electrons. The van der Waals surface area contributed by atoms with E-state index < -0.39 is 7.42 Å². The van der Waals surface area contributed by atoms with Crippen LogP contribution in [0.3, 0.4) is 0 Å². The molecule has 0 heterocycles. The maximum atomic E-state index is 8.09. The number of nitrogens with zero attached hydrogens (tertiary/aromatic N) is 1. The van der Waals surface area contributed by atoms with Crippen molar-refractivity contribution < 1.29 is 0 Å². The number of hydrogen-bond donors (Lipinski definition) is 0. The van der Waals surface area contributed by atoms with Crippen molar-refractivity contribution in [2.75, 3.05) is 0 Å². The van der Waals surface area contributed by atoms with Crippen molar-refractivity contribution in [1.29, 1.82) is 5.26 Å². The molecule has 1 nitrogen and oxygen atoms in total. The van der Waals surface area contributed by atoms with E-state index in [0.717, 1.165) is 6.42 Å². The Morgan fingerprint density at radius 3 is 2.67 bits per heavy atom. The molecule has 0 rings (SSSR count). The van der Waals surface area contributed by atoms with Crippen LogP contribution in [0.1, 0.15) is 12.8 Å². The van der Waals surface area contributed by atoms with E-state index in [9.17, 15) is 0 Å². The lowest BCUT2D eigenvalue weighted by Crippen LogP contribution is -1.82. The van der Waals surface area contributed by atoms with Crippen molar-refractivity contribution in [1.82, 2.24) is 0 Å². The second-order valence-corrected chi connectivity index (χ2v) is 6.00. The maximum absolute atomic E-state index is 8.09. The Kier molecular flexibility index (Phi) is 6.17. The topological polar surface area (TPSA) is 23.8 Å². The van der Waals surface area contributed by atoms with E-state index in [2.05, 4.69) is 0 Å². The van der Waals surface area contributed by atoms with Gasteiger partial charge in [-0.15, -0.1) is 22.2 Å². The molecule has 0 bridgehead atoms. The van der Waals surface area contributed by atoms with Crippen molar-refractivity contribution in [2.45, 2.75) is 12.8 Å². The van der Waals surface area contributed by atoms with Gasteiger partial charge in [-0.05, 0) is 6.42 Å². The van der Waals surface area contributed by atoms with Crippen LogP contribution in [0.4, 0.5) is 0 Å². The third kappa shape index (κ3) is 8.03. The summed E-state index contributed by atoms with van der Waals surface area (Å²) in [6, 6.07) is 2.02. The Balaban J connectivity index is 3.17. The van der Waals surface area contributed by atoms with Gasteiger partial charge in [0.1, 0.15) is 0 Å². The number of nitriles is 1. The fourth-order valence-corrected chi connectivity index (χ4v) is 1.36. The smallest absolute Gasteiger partial charge is 0.198 e. The van der Waals surface area contributed by atoms with Gasteiger partial charge in [-0.1, -0.05) is 11.8 Å².